The van der Waals surface area contributed by atoms with E-state index in [0.717, 1.165) is 34.2 Å². The van der Waals surface area contributed by atoms with Crippen molar-refractivity contribution in [2.75, 3.05) is 6.54 Å². The highest BCUT2D eigenvalue weighted by molar-refractivity contribution is 5.95. The highest BCUT2D eigenvalue weighted by atomic mass is 16.5. The zero-order chi connectivity index (χ0) is 27.4. The second-order valence-corrected chi connectivity index (χ2v) is 10.3. The molecule has 0 saturated carbocycles. The third-order valence-corrected chi connectivity index (χ3v) is 7.22. The van der Waals surface area contributed by atoms with Crippen LogP contribution in [0.5, 0.6) is 5.75 Å². The van der Waals surface area contributed by atoms with Gasteiger partial charge in [-0.3, -0.25) is 9.59 Å². The van der Waals surface area contributed by atoms with Gasteiger partial charge >= 0.3 is 0 Å². The molecule has 39 heavy (non-hydrogen) atoms. The molecule has 0 aliphatic carbocycles. The van der Waals surface area contributed by atoms with Crippen LogP contribution >= 0.6 is 0 Å². The van der Waals surface area contributed by atoms with Crippen molar-refractivity contribution in [2.45, 2.75) is 45.9 Å². The SMILES string of the molecule is Cc1cccc(CNC(=O)[C@H](C)Oc2ccc3c(c2)[C@H](c2cccc(C)c2)N(C(=O)c2ccccc2)CC3)c1. The molecule has 0 saturated heterocycles. The van der Waals surface area contributed by atoms with Gasteiger partial charge in [0.1, 0.15) is 5.75 Å². The molecule has 1 N–H and O–H groups in total. The van der Waals surface area contributed by atoms with Crippen LogP contribution in [0.3, 0.4) is 0 Å². The van der Waals surface area contributed by atoms with Gasteiger partial charge in [0.25, 0.3) is 11.8 Å². The molecule has 5 heteroatoms. The number of amides is 2. The van der Waals surface area contributed by atoms with Gasteiger partial charge in [-0.2, -0.15) is 0 Å². The van der Waals surface area contributed by atoms with Crippen molar-refractivity contribution >= 4 is 11.8 Å². The average Bonchev–Trinajstić information content (AvgIpc) is 2.95. The van der Waals surface area contributed by atoms with Crippen LogP contribution in [0, 0.1) is 13.8 Å². The first-order chi connectivity index (χ1) is 18.9. The number of rotatable bonds is 7. The number of carbonyl (C=O) groups excluding carboxylic acids is 2. The van der Waals surface area contributed by atoms with E-state index in [-0.39, 0.29) is 17.9 Å². The van der Waals surface area contributed by atoms with Gasteiger partial charge in [-0.15, -0.1) is 0 Å². The van der Waals surface area contributed by atoms with Crippen LogP contribution in [0.25, 0.3) is 0 Å². The van der Waals surface area contributed by atoms with Crippen LogP contribution in [0.1, 0.15) is 56.7 Å². The number of hydrogen-bond donors (Lipinski definition) is 1. The second-order valence-electron chi connectivity index (χ2n) is 10.3. The largest absolute Gasteiger partial charge is 0.481 e. The predicted molar refractivity (Wildman–Crippen MR) is 154 cm³/mol. The maximum absolute atomic E-state index is 13.7. The fraction of sp³-hybridized carbons (Fsp3) is 0.235. The zero-order valence-electron chi connectivity index (χ0n) is 22.7. The first kappa shape index (κ1) is 26.2. The Labute approximate surface area is 230 Å². The Morgan fingerprint density at radius 1 is 0.897 bits per heavy atom. The van der Waals surface area contributed by atoms with Gasteiger partial charge < -0.3 is 15.0 Å². The highest BCUT2D eigenvalue weighted by Crippen LogP contribution is 2.38. The third-order valence-electron chi connectivity index (χ3n) is 7.22. The molecule has 1 heterocycles. The maximum atomic E-state index is 13.7. The van der Waals surface area contributed by atoms with Crippen molar-refractivity contribution in [2.24, 2.45) is 0 Å². The quantitative estimate of drug-likeness (QED) is 0.318. The Balaban J connectivity index is 1.40. The normalized spacial score (nSPS) is 15.3. The van der Waals surface area contributed by atoms with Gasteiger partial charge in [-0.25, -0.2) is 0 Å². The lowest BCUT2D eigenvalue weighted by atomic mass is 9.87. The number of hydrogen-bond acceptors (Lipinski definition) is 3. The van der Waals surface area contributed by atoms with Crippen molar-refractivity contribution in [1.29, 1.82) is 0 Å². The van der Waals surface area contributed by atoms with Crippen LogP contribution in [-0.4, -0.2) is 29.4 Å². The fourth-order valence-electron chi connectivity index (χ4n) is 5.24. The zero-order valence-corrected chi connectivity index (χ0v) is 22.7. The summed E-state index contributed by atoms with van der Waals surface area (Å²) in [6, 6.07) is 31.5. The smallest absolute Gasteiger partial charge is 0.261 e. The molecule has 2 atom stereocenters. The Morgan fingerprint density at radius 2 is 1.64 bits per heavy atom. The van der Waals surface area contributed by atoms with Gasteiger partial charge in [-0.05, 0) is 73.7 Å². The summed E-state index contributed by atoms with van der Waals surface area (Å²) in [6.45, 7) is 6.93. The lowest BCUT2D eigenvalue weighted by Crippen LogP contribution is -2.40. The summed E-state index contributed by atoms with van der Waals surface area (Å²) < 4.78 is 6.13. The number of fused-ring (bicyclic) bond motifs is 1. The van der Waals surface area contributed by atoms with Gasteiger partial charge in [0.05, 0.1) is 6.04 Å². The maximum Gasteiger partial charge on any atom is 0.261 e. The number of carbonyl (C=O) groups is 2. The molecule has 5 rings (SSSR count). The molecule has 0 spiro atoms. The molecule has 2 amide bonds. The second kappa shape index (κ2) is 11.6. The molecule has 1 aliphatic heterocycles. The molecular weight excluding hydrogens is 484 g/mol. The van der Waals surface area contributed by atoms with E-state index in [9.17, 15) is 9.59 Å². The van der Waals surface area contributed by atoms with Crippen molar-refractivity contribution in [3.8, 4) is 5.75 Å². The molecule has 0 bridgehead atoms. The topological polar surface area (TPSA) is 58.6 Å². The summed E-state index contributed by atoms with van der Waals surface area (Å²) in [7, 11) is 0. The summed E-state index contributed by atoms with van der Waals surface area (Å²) in [6.07, 6.45) is 0.0826. The molecule has 5 nitrogen and oxygen atoms in total. The van der Waals surface area contributed by atoms with E-state index < -0.39 is 6.10 Å². The molecule has 0 unspecified atom stereocenters. The number of ether oxygens (including phenoxy) is 1. The summed E-state index contributed by atoms with van der Waals surface area (Å²) in [4.78, 5) is 28.5. The van der Waals surface area contributed by atoms with E-state index in [2.05, 4.69) is 42.6 Å². The lowest BCUT2D eigenvalue weighted by molar-refractivity contribution is -0.127. The summed E-state index contributed by atoms with van der Waals surface area (Å²) in [5, 5.41) is 2.97. The summed E-state index contributed by atoms with van der Waals surface area (Å²) >= 11 is 0. The monoisotopic (exact) mass is 518 g/mol. The average molecular weight is 519 g/mol. The van der Waals surface area contributed by atoms with Gasteiger partial charge in [0.15, 0.2) is 6.10 Å². The number of nitrogens with one attached hydrogen (secondary N) is 1. The van der Waals surface area contributed by atoms with Crippen molar-refractivity contribution in [3.63, 3.8) is 0 Å². The Kier molecular flexibility index (Phi) is 7.78. The summed E-state index contributed by atoms with van der Waals surface area (Å²) in [5.74, 6) is 0.437. The molecule has 1 aliphatic rings. The van der Waals surface area contributed by atoms with Crippen LogP contribution < -0.4 is 10.1 Å². The number of nitrogens with zero attached hydrogens (tertiary/aromatic N) is 1. The Hall–Kier alpha value is -4.38. The van der Waals surface area contributed by atoms with E-state index in [1.165, 1.54) is 5.56 Å². The van der Waals surface area contributed by atoms with Crippen LogP contribution in [-0.2, 0) is 17.8 Å². The van der Waals surface area contributed by atoms with Crippen molar-refractivity contribution < 1.29 is 14.3 Å². The highest BCUT2D eigenvalue weighted by Gasteiger charge is 2.33. The minimum atomic E-state index is -0.670. The Morgan fingerprint density at radius 3 is 2.38 bits per heavy atom. The van der Waals surface area contributed by atoms with E-state index in [1.807, 2.05) is 78.6 Å². The van der Waals surface area contributed by atoms with Crippen LogP contribution in [0.2, 0.25) is 0 Å². The van der Waals surface area contributed by atoms with Gasteiger partial charge in [0.2, 0.25) is 0 Å². The molecule has 4 aromatic carbocycles. The summed E-state index contributed by atoms with van der Waals surface area (Å²) in [5.41, 5.74) is 7.28. The van der Waals surface area contributed by atoms with Gasteiger partial charge in [-0.1, -0.05) is 83.9 Å². The molecular formula is C34H34N2O3. The van der Waals surface area contributed by atoms with E-state index in [4.69, 9.17) is 4.74 Å². The van der Waals surface area contributed by atoms with E-state index >= 15 is 0 Å². The first-order valence-electron chi connectivity index (χ1n) is 13.4. The van der Waals surface area contributed by atoms with E-state index in [1.54, 1.807) is 6.92 Å². The lowest BCUT2D eigenvalue weighted by Gasteiger charge is -2.38. The van der Waals surface area contributed by atoms with Crippen LogP contribution in [0.4, 0.5) is 0 Å². The number of benzene rings is 4. The minimum Gasteiger partial charge on any atom is -0.481 e. The molecule has 0 aromatic heterocycles. The van der Waals surface area contributed by atoms with E-state index in [0.29, 0.717) is 24.4 Å². The number of aryl methyl sites for hydroxylation is 2. The fourth-order valence-corrected chi connectivity index (χ4v) is 5.24. The molecule has 198 valence electrons. The van der Waals surface area contributed by atoms with Gasteiger partial charge in [0, 0.05) is 18.7 Å². The predicted octanol–water partition coefficient (Wildman–Crippen LogP) is 6.18. The molecule has 0 fully saturated rings. The van der Waals surface area contributed by atoms with Crippen molar-refractivity contribution in [3.05, 3.63) is 136 Å². The molecule has 0 radical (unpaired) electrons. The molecule has 4 aromatic rings. The van der Waals surface area contributed by atoms with Crippen molar-refractivity contribution in [1.82, 2.24) is 10.2 Å². The third kappa shape index (κ3) is 6.04. The minimum absolute atomic E-state index is 0.00275. The Bertz CT molecular complexity index is 1480. The van der Waals surface area contributed by atoms with Crippen LogP contribution in [0.15, 0.2) is 97.1 Å². The standard InChI is InChI=1S/C34H34N2O3/c1-23-9-7-11-26(19-23)22-35-33(37)25(3)39-30-16-15-27-17-18-36(34(38)28-12-5-4-6-13-28)32(31(27)21-30)29-14-8-10-24(2)20-29/h4-16,19-21,25,32H,17-18,22H2,1-3H3,(H,35,37)/t25-,32-/m0/s1. The first-order valence-corrected chi connectivity index (χ1v) is 13.4.